The first-order chi connectivity index (χ1) is 11.0. The van der Waals surface area contributed by atoms with E-state index >= 15 is 0 Å². The smallest absolute Gasteiger partial charge is 0.120 e. The summed E-state index contributed by atoms with van der Waals surface area (Å²) in [6, 6.07) is 17.9. The number of nitrogens with zero attached hydrogens (tertiary/aromatic N) is 1. The Hall–Kier alpha value is -1.84. The maximum atomic E-state index is 11.0. The van der Waals surface area contributed by atoms with Crippen LogP contribution in [0.5, 0.6) is 5.75 Å². The van der Waals surface area contributed by atoms with Crippen LogP contribution in [0.1, 0.15) is 30.9 Å². The zero-order valence-corrected chi connectivity index (χ0v) is 14.3. The third-order valence-electron chi connectivity index (χ3n) is 4.18. The second-order valence-electron chi connectivity index (χ2n) is 6.24. The number of ether oxygens (including phenoxy) is 1. The molecule has 2 rings (SSSR count). The van der Waals surface area contributed by atoms with E-state index in [0.29, 0.717) is 19.4 Å². The lowest BCUT2D eigenvalue weighted by atomic mass is 9.87. The van der Waals surface area contributed by atoms with Crippen LogP contribution in [0.4, 0.5) is 0 Å². The lowest BCUT2D eigenvalue weighted by Gasteiger charge is -2.29. The molecule has 0 spiro atoms. The second kappa shape index (κ2) is 8.14. The average Bonchev–Trinajstić information content (AvgIpc) is 2.59. The fourth-order valence-electron chi connectivity index (χ4n) is 2.55. The van der Waals surface area contributed by atoms with Crippen molar-refractivity contribution in [2.24, 2.45) is 0 Å². The van der Waals surface area contributed by atoms with Gasteiger partial charge in [-0.25, -0.2) is 0 Å². The largest absolute Gasteiger partial charge is 0.489 e. The molecule has 1 N–H and O–H groups in total. The monoisotopic (exact) mass is 313 g/mol. The van der Waals surface area contributed by atoms with Gasteiger partial charge in [0.1, 0.15) is 12.4 Å². The maximum absolute atomic E-state index is 11.0. The number of hydrogen-bond donors (Lipinski definition) is 1. The summed E-state index contributed by atoms with van der Waals surface area (Å²) in [6.45, 7) is 3.40. The first kappa shape index (κ1) is 17.5. The second-order valence-corrected chi connectivity index (χ2v) is 6.24. The summed E-state index contributed by atoms with van der Waals surface area (Å²) in [7, 11) is 4.05. The van der Waals surface area contributed by atoms with Crippen molar-refractivity contribution in [1.82, 2.24) is 4.90 Å². The molecule has 0 fully saturated rings. The molecular formula is C20H27NO2. The van der Waals surface area contributed by atoms with Crippen LogP contribution >= 0.6 is 0 Å². The summed E-state index contributed by atoms with van der Waals surface area (Å²) in [5, 5.41) is 11.0. The topological polar surface area (TPSA) is 32.7 Å². The van der Waals surface area contributed by atoms with Crippen LogP contribution < -0.4 is 4.74 Å². The normalized spacial score (nSPS) is 13.8. The Bertz CT molecular complexity index is 598. The third kappa shape index (κ3) is 5.08. The number of hydrogen-bond acceptors (Lipinski definition) is 3. The van der Waals surface area contributed by atoms with Crippen LogP contribution in [0.2, 0.25) is 0 Å². The van der Waals surface area contributed by atoms with E-state index in [1.54, 1.807) is 0 Å². The third-order valence-corrected chi connectivity index (χ3v) is 4.18. The summed E-state index contributed by atoms with van der Waals surface area (Å²) in [5.74, 6) is 0.795. The zero-order valence-electron chi connectivity index (χ0n) is 14.3. The highest BCUT2D eigenvalue weighted by atomic mass is 16.5. The number of rotatable bonds is 8. The minimum Gasteiger partial charge on any atom is -0.489 e. The van der Waals surface area contributed by atoms with Crippen molar-refractivity contribution in [2.45, 2.75) is 32.0 Å². The van der Waals surface area contributed by atoms with Gasteiger partial charge in [0.2, 0.25) is 0 Å². The Morgan fingerprint density at radius 3 is 2.43 bits per heavy atom. The van der Waals surface area contributed by atoms with E-state index in [1.807, 2.05) is 75.6 Å². The van der Waals surface area contributed by atoms with Crippen molar-refractivity contribution in [3.05, 3.63) is 65.7 Å². The van der Waals surface area contributed by atoms with E-state index in [4.69, 9.17) is 4.74 Å². The lowest BCUT2D eigenvalue weighted by Crippen LogP contribution is -2.29. The molecule has 2 aromatic rings. The molecule has 0 unspecified atom stereocenters. The molecule has 0 radical (unpaired) electrons. The quantitative estimate of drug-likeness (QED) is 0.804. The van der Waals surface area contributed by atoms with Crippen LogP contribution in [0.3, 0.4) is 0 Å². The van der Waals surface area contributed by atoms with E-state index in [0.717, 1.165) is 23.4 Å². The van der Waals surface area contributed by atoms with Gasteiger partial charge >= 0.3 is 0 Å². The van der Waals surface area contributed by atoms with E-state index in [9.17, 15) is 5.11 Å². The minimum atomic E-state index is -0.809. The van der Waals surface area contributed by atoms with Crippen molar-refractivity contribution in [3.8, 4) is 5.75 Å². The van der Waals surface area contributed by atoms with Gasteiger partial charge in [-0.05, 0) is 50.2 Å². The molecule has 124 valence electrons. The molecule has 0 saturated carbocycles. The van der Waals surface area contributed by atoms with Crippen molar-refractivity contribution in [3.63, 3.8) is 0 Å². The number of aliphatic hydroxyl groups is 1. The summed E-state index contributed by atoms with van der Waals surface area (Å²) in [4.78, 5) is 2.09. The highest BCUT2D eigenvalue weighted by molar-refractivity contribution is 5.32. The fraction of sp³-hybridized carbons (Fsp3) is 0.400. The zero-order chi connectivity index (χ0) is 16.7. The highest BCUT2D eigenvalue weighted by Crippen LogP contribution is 2.31. The van der Waals surface area contributed by atoms with Gasteiger partial charge in [0.05, 0.1) is 5.60 Å². The maximum Gasteiger partial charge on any atom is 0.120 e. The molecule has 0 aliphatic rings. The van der Waals surface area contributed by atoms with Crippen LogP contribution in [0, 0.1) is 0 Å². The molecule has 0 heterocycles. The van der Waals surface area contributed by atoms with Crippen LogP contribution in [0.25, 0.3) is 0 Å². The Balaban J connectivity index is 2.08. The molecule has 1 atom stereocenters. The van der Waals surface area contributed by atoms with E-state index in [-0.39, 0.29) is 0 Å². The average molecular weight is 313 g/mol. The number of benzene rings is 2. The molecule has 0 amide bonds. The van der Waals surface area contributed by atoms with Gasteiger partial charge in [0.25, 0.3) is 0 Å². The Labute approximate surface area is 139 Å². The summed E-state index contributed by atoms with van der Waals surface area (Å²) >= 11 is 0. The van der Waals surface area contributed by atoms with Crippen LogP contribution in [-0.2, 0) is 12.2 Å². The Kier molecular flexibility index (Phi) is 6.20. The predicted molar refractivity (Wildman–Crippen MR) is 94.6 cm³/mol. The van der Waals surface area contributed by atoms with Crippen LogP contribution in [-0.4, -0.2) is 30.6 Å². The van der Waals surface area contributed by atoms with E-state index in [1.165, 1.54) is 0 Å². The van der Waals surface area contributed by atoms with E-state index in [2.05, 4.69) is 4.90 Å². The molecule has 3 nitrogen and oxygen atoms in total. The Morgan fingerprint density at radius 1 is 1.04 bits per heavy atom. The molecule has 0 aliphatic heterocycles. The fourth-order valence-corrected chi connectivity index (χ4v) is 2.55. The van der Waals surface area contributed by atoms with E-state index < -0.39 is 5.60 Å². The lowest BCUT2D eigenvalue weighted by molar-refractivity contribution is 0.0169. The molecule has 0 aromatic heterocycles. The first-order valence-electron chi connectivity index (χ1n) is 8.18. The molecule has 2 aromatic carbocycles. The summed E-state index contributed by atoms with van der Waals surface area (Å²) in [6.07, 6.45) is 1.39. The first-order valence-corrected chi connectivity index (χ1v) is 8.18. The van der Waals surface area contributed by atoms with Crippen molar-refractivity contribution >= 4 is 0 Å². The van der Waals surface area contributed by atoms with Gasteiger partial charge in [-0.3, -0.25) is 0 Å². The summed E-state index contributed by atoms with van der Waals surface area (Å²) < 4.78 is 5.88. The molecule has 0 bridgehead atoms. The van der Waals surface area contributed by atoms with Gasteiger partial charge in [0, 0.05) is 6.54 Å². The van der Waals surface area contributed by atoms with Gasteiger partial charge in [-0.15, -0.1) is 0 Å². The van der Waals surface area contributed by atoms with Gasteiger partial charge in [-0.1, -0.05) is 49.4 Å². The van der Waals surface area contributed by atoms with Gasteiger partial charge in [-0.2, -0.15) is 0 Å². The summed E-state index contributed by atoms with van der Waals surface area (Å²) in [5.41, 5.74) is 1.25. The predicted octanol–water partition coefficient (Wildman–Crippen LogP) is 3.81. The van der Waals surface area contributed by atoms with Crippen molar-refractivity contribution < 1.29 is 9.84 Å². The molecule has 23 heavy (non-hydrogen) atoms. The Morgan fingerprint density at radius 2 is 1.78 bits per heavy atom. The molecular weight excluding hydrogens is 286 g/mol. The van der Waals surface area contributed by atoms with Crippen molar-refractivity contribution in [1.29, 1.82) is 0 Å². The molecule has 3 heteroatoms. The molecule has 0 saturated heterocycles. The highest BCUT2D eigenvalue weighted by Gasteiger charge is 2.27. The minimum absolute atomic E-state index is 0.534. The molecule has 0 aliphatic carbocycles. The van der Waals surface area contributed by atoms with Gasteiger partial charge in [0.15, 0.2) is 0 Å². The van der Waals surface area contributed by atoms with Crippen LogP contribution in [0.15, 0.2) is 54.6 Å². The van der Waals surface area contributed by atoms with Crippen molar-refractivity contribution in [2.75, 3.05) is 20.6 Å². The SMILES string of the molecule is CC[C@@](O)(CCN(C)C)c1cccc(OCc2ccccc2)c1. The standard InChI is InChI=1S/C20H27NO2/c1-4-20(22,13-14-21(2)3)18-11-8-12-19(15-18)23-16-17-9-6-5-7-10-17/h5-12,15,22H,4,13-14,16H2,1-3H3/t20-/m1/s1. The van der Waals surface area contributed by atoms with Gasteiger partial charge < -0.3 is 14.7 Å².